The second-order valence-electron chi connectivity index (χ2n) is 23.9. The lowest BCUT2D eigenvalue weighted by Crippen LogP contribution is -2.78. The highest BCUT2D eigenvalue weighted by atomic mass is 33.1. The molecule has 19 nitrogen and oxygen atoms in total. The van der Waals surface area contributed by atoms with Crippen molar-refractivity contribution in [3.05, 3.63) is 164 Å². The summed E-state index contributed by atoms with van der Waals surface area (Å²) in [6, 6.07) is 27.2. The Hall–Kier alpha value is -7.33. The first kappa shape index (κ1) is 64.2. The van der Waals surface area contributed by atoms with E-state index in [0.29, 0.717) is 29.2 Å². The van der Waals surface area contributed by atoms with Crippen molar-refractivity contribution in [3.63, 3.8) is 0 Å². The van der Waals surface area contributed by atoms with Crippen LogP contribution in [0.25, 0.3) is 6.08 Å². The second-order valence-corrected chi connectivity index (χ2v) is 26.7. The predicted molar refractivity (Wildman–Crippen MR) is 323 cm³/mol. The van der Waals surface area contributed by atoms with Gasteiger partial charge < -0.3 is 44.0 Å². The van der Waals surface area contributed by atoms with Crippen molar-refractivity contribution in [1.29, 1.82) is 0 Å². The number of amides is 1. The van der Waals surface area contributed by atoms with Gasteiger partial charge in [0.1, 0.15) is 48.4 Å². The quantitative estimate of drug-likeness (QED) is 0.0133. The van der Waals surface area contributed by atoms with Crippen LogP contribution in [-0.2, 0) is 54.2 Å². The smallest absolute Gasteiger partial charge is 0.461 e. The number of Topliss-reactive ketones (excluding diaryl/α,β-unsaturated/α-hetero) is 1. The largest absolute Gasteiger partial charge is 0.509 e. The van der Waals surface area contributed by atoms with Crippen LogP contribution in [0.1, 0.15) is 143 Å². The number of aliphatic hydroxyl groups is 2. The maximum atomic E-state index is 15.7. The van der Waals surface area contributed by atoms with Crippen LogP contribution in [0.4, 0.5) is 10.5 Å². The molecule has 3 N–H and O–H groups in total. The number of hydrogen-bond donors (Lipinski definition) is 3. The number of aliphatic hydroxyl groups excluding tert-OH is 1. The minimum Gasteiger partial charge on any atom is -0.461 e. The van der Waals surface area contributed by atoms with Crippen molar-refractivity contribution in [2.24, 2.45) is 28.6 Å². The SMILES string of the molecule is CC(=O)O[C@@]12CCC1C[C@H](O)[C@@]1(C)C(=O)[C@H](C)C3=C(C)[C@@H](OC(=O)[C@H](OC(=O)OC/C=C/c4cccc(COC(=O)CCCCC5CCSS5)c4[N+](=O)[O-])[C@@H](NC(=O)c4ccccc4)c4ccccc4)C[C@@](O)([C@@H](OC(=O)c4ccccc4)[C@@H]12)C3(C)C. The summed E-state index contributed by atoms with van der Waals surface area (Å²) < 4.78 is 36.2. The molecule has 5 aliphatic rings. The summed E-state index contributed by atoms with van der Waals surface area (Å²) in [4.78, 5) is 112. The third-order valence-corrected chi connectivity index (χ3v) is 21.5. The Morgan fingerprint density at radius 1 is 0.874 bits per heavy atom. The summed E-state index contributed by atoms with van der Waals surface area (Å²) in [6.45, 7) is 8.58. The zero-order chi connectivity index (χ0) is 62.4. The number of nitro benzene ring substituents is 1. The number of rotatable bonds is 21. The highest BCUT2D eigenvalue weighted by molar-refractivity contribution is 8.77. The summed E-state index contributed by atoms with van der Waals surface area (Å²) in [5.41, 5.74) is -5.95. The average Bonchev–Trinajstić information content (AvgIpc) is 0.816. The molecule has 1 amide bonds. The van der Waals surface area contributed by atoms with E-state index in [1.54, 1.807) is 120 Å². The minimum atomic E-state index is -2.30. The van der Waals surface area contributed by atoms with Crippen LogP contribution in [0.2, 0.25) is 0 Å². The van der Waals surface area contributed by atoms with Crippen LogP contribution in [-0.4, -0.2) is 110 Å². The van der Waals surface area contributed by atoms with Crippen molar-refractivity contribution in [1.82, 2.24) is 5.32 Å². The van der Waals surface area contributed by atoms with E-state index in [-0.39, 0.29) is 59.4 Å². The summed E-state index contributed by atoms with van der Waals surface area (Å²) in [5, 5.41) is 42.2. The number of carbonyl (C=O) groups is 7. The molecule has 21 heteroatoms. The first-order valence-corrected chi connectivity index (χ1v) is 31.8. The molecule has 462 valence electrons. The number of nitrogens with one attached hydrogen (secondary N) is 1. The van der Waals surface area contributed by atoms with Crippen LogP contribution in [0, 0.1) is 38.7 Å². The lowest BCUT2D eigenvalue weighted by atomic mass is 9.40. The van der Waals surface area contributed by atoms with Crippen LogP contribution in [0.5, 0.6) is 0 Å². The molecular weight excluding hydrogens is 1160 g/mol. The number of hydrogen-bond acceptors (Lipinski definition) is 19. The standard InChI is InChI=1S/C66H74N2O17S2/c1-39-49(37-66(77)58(84-60(74)45-24-14-9-15-25-45)56-64(6,57(72)40(2)52(39)63(66,4)5)50(70)36-47-31-33-65(47,56)85-41(3)69)82-61(75)55(53(42-20-10-7-11-21-42)67-59(73)44-22-12-8-13-23-44)83-62(76)80-34-19-28-43-26-18-27-46(54(43)68(78)79)38-81-51(71)30-17-16-29-48-32-35-86-87-48/h7-15,18-28,40,47-50,53,55-56,58,70,77H,16-17,29-38H2,1-6H3,(H,67,73)/b28-19+/t40-,47?,48?,49+,50+,53+,55-,56+,58+,64-,65+,66-/m1/s1. The van der Waals surface area contributed by atoms with Crippen LogP contribution >= 0.6 is 21.6 Å². The van der Waals surface area contributed by atoms with Crippen molar-refractivity contribution in [3.8, 4) is 0 Å². The minimum absolute atomic E-state index is 0.0808. The van der Waals surface area contributed by atoms with Crippen LogP contribution < -0.4 is 5.32 Å². The van der Waals surface area contributed by atoms with Crippen LogP contribution in [0.3, 0.4) is 0 Å². The summed E-state index contributed by atoms with van der Waals surface area (Å²) in [6.07, 6.45) is -1.26. The normalized spacial score (nSPS) is 27.8. The number of unbranched alkanes of at least 4 members (excludes halogenated alkanes) is 1. The van der Waals surface area contributed by atoms with Gasteiger partial charge in [-0.2, -0.15) is 0 Å². The van der Waals surface area contributed by atoms with Crippen molar-refractivity contribution in [2.45, 2.75) is 153 Å². The molecule has 3 saturated carbocycles. The highest BCUT2D eigenvalue weighted by Crippen LogP contribution is 2.68. The second kappa shape index (κ2) is 27.0. The number of ketones is 1. The van der Waals surface area contributed by atoms with Crippen molar-refractivity contribution in [2.75, 3.05) is 12.4 Å². The fourth-order valence-electron chi connectivity index (χ4n) is 14.0. The highest BCUT2D eigenvalue weighted by Gasteiger charge is 2.76. The van der Waals surface area contributed by atoms with Crippen molar-refractivity contribution >= 4 is 75.1 Å². The monoisotopic (exact) mass is 1230 g/mol. The Kier molecular flexibility index (Phi) is 19.9. The Bertz CT molecular complexity index is 3300. The molecule has 4 aromatic carbocycles. The van der Waals surface area contributed by atoms with E-state index < -0.39 is 130 Å². The molecule has 4 fully saturated rings. The molecule has 0 aromatic heterocycles. The fourth-order valence-corrected chi connectivity index (χ4v) is 17.1. The molecule has 2 bridgehead atoms. The first-order valence-electron chi connectivity index (χ1n) is 29.4. The van der Waals surface area contributed by atoms with E-state index in [1.807, 2.05) is 21.6 Å². The molecule has 0 radical (unpaired) electrons. The lowest BCUT2D eigenvalue weighted by molar-refractivity contribution is -0.386. The van der Waals surface area contributed by atoms with E-state index in [0.717, 1.165) is 25.0 Å². The van der Waals surface area contributed by atoms with Gasteiger partial charge >= 0.3 is 30.0 Å². The third kappa shape index (κ3) is 13.1. The molecule has 0 spiro atoms. The van der Waals surface area contributed by atoms with E-state index in [4.69, 9.17) is 28.4 Å². The molecule has 12 atom stereocenters. The fraction of sp³-hybridized carbons (Fsp3) is 0.470. The van der Waals surface area contributed by atoms with Gasteiger partial charge in [-0.15, -0.1) is 0 Å². The molecule has 87 heavy (non-hydrogen) atoms. The molecule has 4 aromatic rings. The van der Waals surface area contributed by atoms with Gasteiger partial charge in [-0.3, -0.25) is 29.3 Å². The Balaban J connectivity index is 1.03. The molecule has 4 aliphatic carbocycles. The van der Waals surface area contributed by atoms with Gasteiger partial charge in [-0.1, -0.05) is 122 Å². The molecule has 9 rings (SSSR count). The van der Waals surface area contributed by atoms with Crippen LogP contribution in [0.15, 0.2) is 126 Å². The van der Waals surface area contributed by atoms with E-state index in [1.165, 1.54) is 43.3 Å². The number of benzene rings is 4. The first-order chi connectivity index (χ1) is 41.5. The topological polar surface area (TPSA) is 270 Å². The van der Waals surface area contributed by atoms with Gasteiger partial charge in [0.15, 0.2) is 0 Å². The molecular formula is C66H74N2O17S2. The summed E-state index contributed by atoms with van der Waals surface area (Å²) >= 11 is 0. The Morgan fingerprint density at radius 2 is 1.55 bits per heavy atom. The molecule has 1 aliphatic heterocycles. The number of nitrogens with zero attached hydrogens (tertiary/aromatic N) is 1. The number of nitro groups is 1. The summed E-state index contributed by atoms with van der Waals surface area (Å²) in [5.74, 6) is -6.27. The van der Waals surface area contributed by atoms with E-state index >= 15 is 9.59 Å². The van der Waals surface area contributed by atoms with E-state index in [2.05, 4.69) is 5.32 Å². The lowest BCUT2D eigenvalue weighted by Gasteiger charge is -2.68. The molecule has 2 unspecified atom stereocenters. The summed E-state index contributed by atoms with van der Waals surface area (Å²) in [7, 11) is 3.73. The maximum Gasteiger partial charge on any atom is 0.509 e. The number of carbonyl (C=O) groups excluding carboxylic acids is 7. The molecule has 1 heterocycles. The zero-order valence-electron chi connectivity index (χ0n) is 49.5. The van der Waals surface area contributed by atoms with Gasteiger partial charge in [-0.05, 0) is 118 Å². The maximum absolute atomic E-state index is 15.7. The van der Waals surface area contributed by atoms with Gasteiger partial charge in [-0.25, -0.2) is 14.4 Å². The Labute approximate surface area is 513 Å². The van der Waals surface area contributed by atoms with Gasteiger partial charge in [0.2, 0.25) is 6.10 Å². The van der Waals surface area contributed by atoms with Gasteiger partial charge in [0.25, 0.3) is 11.6 Å². The number of esters is 4. The zero-order valence-corrected chi connectivity index (χ0v) is 51.1. The molecule has 1 saturated heterocycles. The number of para-hydroxylation sites is 1. The average molecular weight is 1230 g/mol. The van der Waals surface area contributed by atoms with Crippen molar-refractivity contribution < 1.29 is 77.1 Å². The number of fused-ring (bicyclic) bond motifs is 5. The Morgan fingerprint density at radius 3 is 2.18 bits per heavy atom. The van der Waals surface area contributed by atoms with Gasteiger partial charge in [0.05, 0.1) is 39.1 Å². The number of ether oxygens (including phenoxy) is 6. The van der Waals surface area contributed by atoms with E-state index in [9.17, 15) is 44.3 Å². The van der Waals surface area contributed by atoms with Gasteiger partial charge in [0, 0.05) is 53.6 Å². The third-order valence-electron chi connectivity index (χ3n) is 18.5. The predicted octanol–water partition coefficient (Wildman–Crippen LogP) is 11.0.